The van der Waals surface area contributed by atoms with Crippen molar-refractivity contribution in [1.29, 1.82) is 0 Å². The molecule has 5 heteroatoms. The van der Waals surface area contributed by atoms with Gasteiger partial charge in [-0.25, -0.2) is 0 Å². The van der Waals surface area contributed by atoms with Crippen LogP contribution in [-0.2, 0) is 0 Å². The van der Waals surface area contributed by atoms with E-state index in [1.807, 2.05) is 54.6 Å². The molecule has 0 aliphatic rings. The largest absolute Gasteiger partial charge is 0.508 e. The topological polar surface area (TPSA) is 71.3 Å². The minimum atomic E-state index is -0.346. The van der Waals surface area contributed by atoms with E-state index in [0.717, 1.165) is 11.1 Å². The van der Waals surface area contributed by atoms with Crippen LogP contribution in [0, 0.1) is 0 Å². The Kier molecular flexibility index (Phi) is 4.41. The molecule has 1 amide bonds. The summed E-state index contributed by atoms with van der Waals surface area (Å²) in [6, 6.07) is 22.1. The SMILES string of the molecule is CC(=O)n1cc(C(=O)Nc2cccc(-c3ccccc3)c2)c2cc(O)ccc21. The van der Waals surface area contributed by atoms with Crippen molar-refractivity contribution in [2.24, 2.45) is 0 Å². The second-order valence-electron chi connectivity index (χ2n) is 6.53. The molecule has 4 aromatic rings. The minimum absolute atomic E-state index is 0.0360. The van der Waals surface area contributed by atoms with Crippen molar-refractivity contribution in [2.45, 2.75) is 6.92 Å². The number of carbonyl (C=O) groups excluding carboxylic acids is 2. The first-order valence-corrected chi connectivity index (χ1v) is 8.85. The second kappa shape index (κ2) is 7.04. The van der Waals surface area contributed by atoms with Crippen LogP contribution in [-0.4, -0.2) is 21.5 Å². The van der Waals surface area contributed by atoms with E-state index in [1.165, 1.54) is 29.8 Å². The highest BCUT2D eigenvalue weighted by Crippen LogP contribution is 2.27. The van der Waals surface area contributed by atoms with Gasteiger partial charge in [0.15, 0.2) is 0 Å². The van der Waals surface area contributed by atoms with E-state index in [2.05, 4.69) is 5.32 Å². The molecular formula is C23H18N2O3. The summed E-state index contributed by atoms with van der Waals surface area (Å²) in [6.45, 7) is 1.43. The molecule has 3 aromatic carbocycles. The lowest BCUT2D eigenvalue weighted by atomic mass is 10.1. The monoisotopic (exact) mass is 370 g/mol. The number of fused-ring (bicyclic) bond motifs is 1. The molecule has 1 heterocycles. The molecule has 0 bridgehead atoms. The van der Waals surface area contributed by atoms with Crippen LogP contribution in [0.2, 0.25) is 0 Å². The van der Waals surface area contributed by atoms with Gasteiger partial charge in [0.1, 0.15) is 5.75 Å². The molecule has 1 aromatic heterocycles. The van der Waals surface area contributed by atoms with Crippen LogP contribution in [0.15, 0.2) is 79.0 Å². The van der Waals surface area contributed by atoms with Crippen molar-refractivity contribution in [3.8, 4) is 16.9 Å². The molecule has 0 aliphatic heterocycles. The lowest BCUT2D eigenvalue weighted by Crippen LogP contribution is -2.12. The number of carbonyl (C=O) groups is 2. The molecule has 5 nitrogen and oxygen atoms in total. The molecule has 4 rings (SSSR count). The van der Waals surface area contributed by atoms with Crippen LogP contribution >= 0.6 is 0 Å². The van der Waals surface area contributed by atoms with E-state index in [1.54, 1.807) is 6.07 Å². The number of amides is 1. The smallest absolute Gasteiger partial charge is 0.257 e. The Labute approximate surface area is 161 Å². The van der Waals surface area contributed by atoms with E-state index in [9.17, 15) is 14.7 Å². The third-order valence-corrected chi connectivity index (χ3v) is 4.60. The zero-order valence-corrected chi connectivity index (χ0v) is 15.2. The highest BCUT2D eigenvalue weighted by atomic mass is 16.3. The fourth-order valence-electron chi connectivity index (χ4n) is 3.27. The number of aromatic nitrogens is 1. The third-order valence-electron chi connectivity index (χ3n) is 4.60. The van der Waals surface area contributed by atoms with Crippen LogP contribution in [0.3, 0.4) is 0 Å². The van der Waals surface area contributed by atoms with E-state index in [0.29, 0.717) is 22.2 Å². The number of benzene rings is 3. The highest BCUT2D eigenvalue weighted by Gasteiger charge is 2.17. The predicted molar refractivity (Wildman–Crippen MR) is 110 cm³/mol. The number of nitrogens with zero attached hydrogens (tertiary/aromatic N) is 1. The van der Waals surface area contributed by atoms with Crippen LogP contribution in [0.25, 0.3) is 22.0 Å². The normalized spacial score (nSPS) is 10.8. The molecule has 0 radical (unpaired) electrons. The maximum Gasteiger partial charge on any atom is 0.257 e. The summed E-state index contributed by atoms with van der Waals surface area (Å²) in [4.78, 5) is 24.8. The number of rotatable bonds is 3. The van der Waals surface area contributed by atoms with Gasteiger partial charge in [-0.15, -0.1) is 0 Å². The Morgan fingerprint density at radius 2 is 1.64 bits per heavy atom. The standard InChI is InChI=1S/C23H18N2O3/c1-15(26)25-14-21(20-13-19(27)10-11-22(20)25)23(28)24-18-9-5-8-17(12-18)16-6-3-2-4-7-16/h2-14,27H,1H3,(H,24,28). The Hall–Kier alpha value is -3.86. The first-order chi connectivity index (χ1) is 13.5. The van der Waals surface area contributed by atoms with Crippen molar-refractivity contribution in [3.63, 3.8) is 0 Å². The number of nitrogens with one attached hydrogen (secondary N) is 1. The molecule has 0 atom stereocenters. The molecule has 0 saturated carbocycles. The van der Waals surface area contributed by atoms with Gasteiger partial charge in [-0.1, -0.05) is 42.5 Å². The number of phenols is 1. The molecule has 0 saturated heterocycles. The Morgan fingerprint density at radius 1 is 0.893 bits per heavy atom. The van der Waals surface area contributed by atoms with Gasteiger partial charge < -0.3 is 10.4 Å². The van der Waals surface area contributed by atoms with Crippen LogP contribution in [0.5, 0.6) is 5.75 Å². The summed E-state index contributed by atoms with van der Waals surface area (Å²) >= 11 is 0. The fraction of sp³-hybridized carbons (Fsp3) is 0.0435. The number of anilines is 1. The van der Waals surface area contributed by atoms with Crippen molar-refractivity contribution in [1.82, 2.24) is 4.57 Å². The fourth-order valence-corrected chi connectivity index (χ4v) is 3.27. The summed E-state index contributed by atoms with van der Waals surface area (Å²) in [7, 11) is 0. The number of aromatic hydroxyl groups is 1. The Bertz CT molecular complexity index is 1190. The maximum absolute atomic E-state index is 12.9. The van der Waals surface area contributed by atoms with Crippen LogP contribution in [0.4, 0.5) is 5.69 Å². The number of hydrogen-bond donors (Lipinski definition) is 2. The summed E-state index contributed by atoms with van der Waals surface area (Å²) in [5.74, 6) is -0.518. The summed E-state index contributed by atoms with van der Waals surface area (Å²) in [5.41, 5.74) is 3.59. The highest BCUT2D eigenvalue weighted by molar-refractivity contribution is 6.14. The second-order valence-corrected chi connectivity index (χ2v) is 6.53. The number of hydrogen-bond acceptors (Lipinski definition) is 3. The van der Waals surface area contributed by atoms with Gasteiger partial charge in [-0.05, 0) is 41.5 Å². The van der Waals surface area contributed by atoms with E-state index >= 15 is 0 Å². The summed E-state index contributed by atoms with van der Waals surface area (Å²) in [5, 5.41) is 13.2. The third kappa shape index (κ3) is 3.25. The maximum atomic E-state index is 12.9. The van der Waals surface area contributed by atoms with E-state index in [4.69, 9.17) is 0 Å². The predicted octanol–water partition coefficient (Wildman–Crippen LogP) is 4.93. The first kappa shape index (κ1) is 17.5. The van der Waals surface area contributed by atoms with Gasteiger partial charge in [-0.2, -0.15) is 0 Å². The van der Waals surface area contributed by atoms with Crippen molar-refractivity contribution >= 4 is 28.4 Å². The van der Waals surface area contributed by atoms with Gasteiger partial charge in [0.05, 0.1) is 11.1 Å². The summed E-state index contributed by atoms with van der Waals surface area (Å²) < 4.78 is 1.41. The molecule has 2 N–H and O–H groups in total. The van der Waals surface area contributed by atoms with Gasteiger partial charge in [0.25, 0.3) is 5.91 Å². The summed E-state index contributed by atoms with van der Waals surface area (Å²) in [6.07, 6.45) is 1.50. The van der Waals surface area contributed by atoms with Gasteiger partial charge >= 0.3 is 0 Å². The van der Waals surface area contributed by atoms with Gasteiger partial charge in [-0.3, -0.25) is 14.2 Å². The zero-order valence-electron chi connectivity index (χ0n) is 15.2. The molecular weight excluding hydrogens is 352 g/mol. The van der Waals surface area contributed by atoms with Crippen molar-refractivity contribution in [2.75, 3.05) is 5.32 Å². The molecule has 0 fully saturated rings. The molecule has 0 aliphatic carbocycles. The average molecular weight is 370 g/mol. The molecule has 0 spiro atoms. The minimum Gasteiger partial charge on any atom is -0.508 e. The Balaban J connectivity index is 1.70. The van der Waals surface area contributed by atoms with E-state index < -0.39 is 0 Å². The average Bonchev–Trinajstić information content (AvgIpc) is 3.08. The van der Waals surface area contributed by atoms with E-state index in [-0.39, 0.29) is 17.6 Å². The number of phenolic OH excluding ortho intramolecular Hbond substituents is 1. The first-order valence-electron chi connectivity index (χ1n) is 8.85. The Morgan fingerprint density at radius 3 is 2.39 bits per heavy atom. The quantitative estimate of drug-likeness (QED) is 0.537. The van der Waals surface area contributed by atoms with Gasteiger partial charge in [0.2, 0.25) is 5.91 Å². The lowest BCUT2D eigenvalue weighted by Gasteiger charge is -2.07. The zero-order chi connectivity index (χ0) is 19.7. The van der Waals surface area contributed by atoms with Gasteiger partial charge in [0, 0.05) is 24.2 Å². The molecule has 138 valence electrons. The molecule has 0 unspecified atom stereocenters. The van der Waals surface area contributed by atoms with Crippen molar-refractivity contribution in [3.05, 3.63) is 84.6 Å². The van der Waals surface area contributed by atoms with Crippen LogP contribution in [0.1, 0.15) is 22.1 Å². The lowest BCUT2D eigenvalue weighted by molar-refractivity contribution is 0.0941. The van der Waals surface area contributed by atoms with Crippen molar-refractivity contribution < 1.29 is 14.7 Å². The molecule has 28 heavy (non-hydrogen) atoms. The van der Waals surface area contributed by atoms with Crippen LogP contribution < -0.4 is 5.32 Å².